The topological polar surface area (TPSA) is 36.4 Å². The van der Waals surface area contributed by atoms with Gasteiger partial charge >= 0.3 is 0 Å². The number of benzene rings is 2. The van der Waals surface area contributed by atoms with Gasteiger partial charge in [0.1, 0.15) is 0 Å². The van der Waals surface area contributed by atoms with Crippen molar-refractivity contribution >= 4 is 45.0 Å². The van der Waals surface area contributed by atoms with Gasteiger partial charge in [-0.2, -0.15) is 0 Å². The van der Waals surface area contributed by atoms with E-state index < -0.39 is 0 Å². The van der Waals surface area contributed by atoms with Crippen LogP contribution in [0.25, 0.3) is 10.2 Å². The normalized spacial score (nSPS) is 11.1. The fraction of sp³-hybridized carbons (Fsp3) is 0.462. The molecule has 0 bridgehead atoms. The summed E-state index contributed by atoms with van der Waals surface area (Å²) >= 11 is 1.63. The van der Waals surface area contributed by atoms with Gasteiger partial charge in [0.25, 0.3) is 0 Å². The molecule has 4 nitrogen and oxygen atoms in total. The van der Waals surface area contributed by atoms with Crippen LogP contribution in [-0.2, 0) is 17.6 Å². The molecule has 0 spiro atoms. The number of likely N-dealkylation sites (N-methyl/N-ethyl adjacent to an activating group) is 1. The van der Waals surface area contributed by atoms with Crippen molar-refractivity contribution in [3.05, 3.63) is 58.1 Å². The molecule has 32 heavy (non-hydrogen) atoms. The molecule has 0 saturated carbocycles. The van der Waals surface area contributed by atoms with Crippen LogP contribution in [0.4, 0.5) is 5.13 Å². The van der Waals surface area contributed by atoms with Gasteiger partial charge in [0.2, 0.25) is 5.91 Å². The number of hydrogen-bond donors (Lipinski definition) is 0. The second-order valence-corrected chi connectivity index (χ2v) is 9.29. The van der Waals surface area contributed by atoms with Crippen molar-refractivity contribution in [1.29, 1.82) is 0 Å². The van der Waals surface area contributed by atoms with Crippen LogP contribution < -0.4 is 4.90 Å². The standard InChI is InChI=1S/C26H35N3OS.ClH/c1-7-21-10-11-23-24(16-21)31-26(27-23)29(13-12-28(8-2)9-3)25(30)17-22-19(5)14-18(4)15-20(22)6;/h10-11,14-16H,7-9,12-13,17H2,1-6H3;1H. The molecule has 0 aliphatic rings. The first-order valence-corrected chi connectivity index (χ1v) is 12.2. The number of nitrogens with zero attached hydrogens (tertiary/aromatic N) is 3. The van der Waals surface area contributed by atoms with Gasteiger partial charge in [-0.1, -0.05) is 55.9 Å². The van der Waals surface area contributed by atoms with Crippen LogP contribution in [0.3, 0.4) is 0 Å². The highest BCUT2D eigenvalue weighted by Gasteiger charge is 2.22. The first-order valence-electron chi connectivity index (χ1n) is 11.3. The second kappa shape index (κ2) is 11.8. The van der Waals surface area contributed by atoms with Gasteiger partial charge in [0, 0.05) is 13.1 Å². The SMILES string of the molecule is CCc1ccc2nc(N(CCN(CC)CC)C(=O)Cc3c(C)cc(C)cc3C)sc2c1.Cl. The third kappa shape index (κ3) is 6.09. The molecule has 0 N–H and O–H groups in total. The van der Waals surface area contributed by atoms with Crippen LogP contribution in [0, 0.1) is 20.8 Å². The molecular weight excluding hydrogens is 438 g/mol. The molecule has 3 rings (SSSR count). The van der Waals surface area contributed by atoms with Gasteiger partial charge < -0.3 is 4.90 Å². The Morgan fingerprint density at radius 3 is 2.22 bits per heavy atom. The van der Waals surface area contributed by atoms with Crippen LogP contribution >= 0.6 is 23.7 Å². The van der Waals surface area contributed by atoms with E-state index in [1.807, 2.05) is 4.90 Å². The summed E-state index contributed by atoms with van der Waals surface area (Å²) in [6.07, 6.45) is 1.41. The van der Waals surface area contributed by atoms with Crippen LogP contribution in [0.5, 0.6) is 0 Å². The summed E-state index contributed by atoms with van der Waals surface area (Å²) in [6.45, 7) is 16.3. The van der Waals surface area contributed by atoms with Crippen molar-refractivity contribution in [1.82, 2.24) is 9.88 Å². The number of aromatic nitrogens is 1. The summed E-state index contributed by atoms with van der Waals surface area (Å²) in [5.74, 6) is 0.122. The second-order valence-electron chi connectivity index (χ2n) is 8.28. The Labute approximate surface area is 203 Å². The van der Waals surface area contributed by atoms with E-state index in [-0.39, 0.29) is 18.3 Å². The molecule has 0 unspecified atom stereocenters. The Hall–Kier alpha value is -1.95. The van der Waals surface area contributed by atoms with E-state index >= 15 is 0 Å². The molecule has 0 saturated heterocycles. The number of halogens is 1. The summed E-state index contributed by atoms with van der Waals surface area (Å²) < 4.78 is 1.15. The van der Waals surface area contributed by atoms with E-state index in [0.717, 1.165) is 47.0 Å². The lowest BCUT2D eigenvalue weighted by Gasteiger charge is -2.25. The molecular formula is C26H36ClN3OS. The monoisotopic (exact) mass is 473 g/mol. The number of carbonyl (C=O) groups excluding carboxylic acids is 1. The third-order valence-electron chi connectivity index (χ3n) is 6.08. The van der Waals surface area contributed by atoms with Crippen LogP contribution in [0.2, 0.25) is 0 Å². The van der Waals surface area contributed by atoms with Crippen LogP contribution in [-0.4, -0.2) is 42.0 Å². The van der Waals surface area contributed by atoms with Gasteiger partial charge in [-0.15, -0.1) is 12.4 Å². The van der Waals surface area contributed by atoms with Crippen molar-refractivity contribution in [3.63, 3.8) is 0 Å². The van der Waals surface area contributed by atoms with Crippen molar-refractivity contribution in [2.24, 2.45) is 0 Å². The van der Waals surface area contributed by atoms with Gasteiger partial charge in [-0.3, -0.25) is 9.69 Å². The quantitative estimate of drug-likeness (QED) is 0.375. The summed E-state index contributed by atoms with van der Waals surface area (Å²) in [5.41, 5.74) is 7.02. The maximum atomic E-state index is 13.6. The molecule has 0 aliphatic heterocycles. The van der Waals surface area contributed by atoms with E-state index in [2.05, 4.69) is 76.8 Å². The maximum Gasteiger partial charge on any atom is 0.233 e. The van der Waals surface area contributed by atoms with E-state index in [1.165, 1.54) is 22.3 Å². The molecule has 1 aromatic heterocycles. The lowest BCUT2D eigenvalue weighted by molar-refractivity contribution is -0.118. The Morgan fingerprint density at radius 1 is 0.969 bits per heavy atom. The van der Waals surface area contributed by atoms with Crippen molar-refractivity contribution in [3.8, 4) is 0 Å². The van der Waals surface area contributed by atoms with E-state index in [4.69, 9.17) is 4.98 Å². The average molecular weight is 474 g/mol. The highest BCUT2D eigenvalue weighted by Crippen LogP contribution is 2.30. The number of fused-ring (bicyclic) bond motifs is 1. The average Bonchev–Trinajstić information content (AvgIpc) is 3.16. The zero-order chi connectivity index (χ0) is 22.5. The minimum Gasteiger partial charge on any atom is -0.302 e. The first-order chi connectivity index (χ1) is 14.9. The molecule has 1 amide bonds. The largest absolute Gasteiger partial charge is 0.302 e. The number of aryl methyl sites for hydroxylation is 4. The van der Waals surface area contributed by atoms with E-state index in [9.17, 15) is 4.79 Å². The fourth-order valence-corrected chi connectivity index (χ4v) is 5.21. The molecule has 0 fully saturated rings. The fourth-order valence-electron chi connectivity index (χ4n) is 4.14. The zero-order valence-corrected chi connectivity index (χ0v) is 21.8. The molecule has 0 radical (unpaired) electrons. The molecule has 174 valence electrons. The number of hydrogen-bond acceptors (Lipinski definition) is 4. The molecule has 6 heteroatoms. The van der Waals surface area contributed by atoms with E-state index in [0.29, 0.717) is 13.0 Å². The Morgan fingerprint density at radius 2 is 1.62 bits per heavy atom. The van der Waals surface area contributed by atoms with E-state index in [1.54, 1.807) is 11.3 Å². The lowest BCUT2D eigenvalue weighted by atomic mass is 9.97. The van der Waals surface area contributed by atoms with Crippen LogP contribution in [0.15, 0.2) is 30.3 Å². The Kier molecular flexibility index (Phi) is 9.68. The highest BCUT2D eigenvalue weighted by atomic mass is 35.5. The smallest absolute Gasteiger partial charge is 0.233 e. The summed E-state index contributed by atoms with van der Waals surface area (Å²) in [5, 5.41) is 0.808. The first kappa shape index (κ1) is 26.3. The number of anilines is 1. The van der Waals surface area contributed by atoms with Gasteiger partial charge in [-0.05, 0) is 74.7 Å². The van der Waals surface area contributed by atoms with Crippen molar-refractivity contribution < 1.29 is 4.79 Å². The molecule has 2 aromatic carbocycles. The number of amides is 1. The van der Waals surface area contributed by atoms with Gasteiger partial charge in [-0.25, -0.2) is 4.98 Å². The van der Waals surface area contributed by atoms with Crippen molar-refractivity contribution in [2.45, 2.75) is 54.4 Å². The minimum absolute atomic E-state index is 0. The summed E-state index contributed by atoms with van der Waals surface area (Å²) in [7, 11) is 0. The van der Waals surface area contributed by atoms with Gasteiger partial charge in [0.05, 0.1) is 16.6 Å². The van der Waals surface area contributed by atoms with Crippen molar-refractivity contribution in [2.75, 3.05) is 31.1 Å². The maximum absolute atomic E-state index is 13.6. The third-order valence-corrected chi connectivity index (χ3v) is 7.13. The summed E-state index contributed by atoms with van der Waals surface area (Å²) in [6, 6.07) is 10.7. The molecule has 1 heterocycles. The molecule has 0 atom stereocenters. The Bertz CT molecular complexity index is 1040. The number of carbonyl (C=O) groups is 1. The predicted molar refractivity (Wildman–Crippen MR) is 141 cm³/mol. The van der Waals surface area contributed by atoms with Crippen LogP contribution in [0.1, 0.15) is 48.6 Å². The summed E-state index contributed by atoms with van der Waals surface area (Å²) in [4.78, 5) is 22.7. The number of rotatable bonds is 9. The zero-order valence-electron chi connectivity index (χ0n) is 20.2. The predicted octanol–water partition coefficient (Wildman–Crippen LogP) is 6.12. The molecule has 0 aliphatic carbocycles. The lowest BCUT2D eigenvalue weighted by Crippen LogP contribution is -2.39. The Balaban J connectivity index is 0.00000363. The minimum atomic E-state index is 0. The molecule has 3 aromatic rings. The number of thiazole rings is 1. The highest BCUT2D eigenvalue weighted by molar-refractivity contribution is 7.22. The van der Waals surface area contributed by atoms with Gasteiger partial charge in [0.15, 0.2) is 5.13 Å².